The Kier molecular flexibility index (Phi) is 4.97. The van der Waals surface area contributed by atoms with Crippen molar-refractivity contribution in [2.75, 3.05) is 30.8 Å². The lowest BCUT2D eigenvalue weighted by atomic mass is 10.00. The maximum atomic E-state index is 11.7. The van der Waals surface area contributed by atoms with Crippen LogP contribution >= 0.6 is 7.60 Å². The highest BCUT2D eigenvalue weighted by Crippen LogP contribution is 2.40. The van der Waals surface area contributed by atoms with Gasteiger partial charge in [-0.15, -0.1) is 0 Å². The van der Waals surface area contributed by atoms with Gasteiger partial charge in [0.1, 0.15) is 6.61 Å². The number of rotatable bonds is 5. The smallest absolute Gasteiger partial charge is 0.326 e. The molecule has 1 unspecified atom stereocenters. The zero-order valence-electron chi connectivity index (χ0n) is 11.7. The summed E-state index contributed by atoms with van der Waals surface area (Å²) in [5.41, 5.74) is 6.25. The Morgan fingerprint density at radius 2 is 2.00 bits per heavy atom. The molecular formula is C13H17N2O6P. The standard InChI is InChI=1S/C13H17N2O6P/c14-13(17)11(8-22(18,19)20)9-1-3-10(4-2-9)15-5-6-21-7-12(15)16/h1-4,11H,5-8H2,(H2,14,17)(H2,18,19,20). The monoisotopic (exact) mass is 328 g/mol. The minimum Gasteiger partial charge on any atom is -0.370 e. The number of hydrogen-bond donors (Lipinski definition) is 3. The SMILES string of the molecule is NC(=O)C(CP(=O)(O)O)c1ccc(N2CCOCC2=O)cc1. The second kappa shape index (κ2) is 6.58. The summed E-state index contributed by atoms with van der Waals surface area (Å²) in [7, 11) is -4.37. The summed E-state index contributed by atoms with van der Waals surface area (Å²) in [6.07, 6.45) is -0.641. The molecular weight excluding hydrogens is 311 g/mol. The predicted octanol–water partition coefficient (Wildman–Crippen LogP) is -0.204. The van der Waals surface area contributed by atoms with E-state index >= 15 is 0 Å². The molecule has 1 aromatic carbocycles. The Bertz CT molecular complexity index is 611. The van der Waals surface area contributed by atoms with E-state index in [4.69, 9.17) is 20.3 Å². The molecule has 1 heterocycles. The minimum absolute atomic E-state index is 0.0177. The number of morpholine rings is 1. The van der Waals surface area contributed by atoms with Crippen LogP contribution in [0.1, 0.15) is 11.5 Å². The van der Waals surface area contributed by atoms with Crippen LogP contribution in [0.15, 0.2) is 24.3 Å². The second-order valence-corrected chi connectivity index (χ2v) is 6.69. The van der Waals surface area contributed by atoms with E-state index in [0.29, 0.717) is 24.4 Å². The molecule has 1 aliphatic rings. The molecule has 4 N–H and O–H groups in total. The highest BCUT2D eigenvalue weighted by Gasteiger charge is 2.28. The van der Waals surface area contributed by atoms with Gasteiger partial charge in [0.05, 0.1) is 18.7 Å². The zero-order valence-corrected chi connectivity index (χ0v) is 12.6. The number of hydrogen-bond acceptors (Lipinski definition) is 4. The number of anilines is 1. The molecule has 1 atom stereocenters. The zero-order chi connectivity index (χ0) is 16.3. The first-order chi connectivity index (χ1) is 10.3. The van der Waals surface area contributed by atoms with Crippen molar-refractivity contribution in [2.45, 2.75) is 5.92 Å². The van der Waals surface area contributed by atoms with Crippen LogP contribution in [0.25, 0.3) is 0 Å². The van der Waals surface area contributed by atoms with E-state index in [0.717, 1.165) is 0 Å². The van der Waals surface area contributed by atoms with Gasteiger partial charge >= 0.3 is 7.60 Å². The molecule has 120 valence electrons. The first-order valence-electron chi connectivity index (χ1n) is 6.60. The Labute approximate surface area is 127 Å². The normalized spacial score (nSPS) is 17.4. The number of nitrogens with zero attached hydrogens (tertiary/aromatic N) is 1. The van der Waals surface area contributed by atoms with Crippen molar-refractivity contribution in [3.05, 3.63) is 29.8 Å². The molecule has 2 amide bonds. The first kappa shape index (κ1) is 16.6. The van der Waals surface area contributed by atoms with Crippen LogP contribution in [-0.2, 0) is 18.9 Å². The van der Waals surface area contributed by atoms with Crippen LogP contribution < -0.4 is 10.6 Å². The molecule has 0 aliphatic carbocycles. The molecule has 22 heavy (non-hydrogen) atoms. The maximum absolute atomic E-state index is 11.7. The van der Waals surface area contributed by atoms with E-state index in [1.165, 1.54) is 0 Å². The number of carbonyl (C=O) groups is 2. The largest absolute Gasteiger partial charge is 0.370 e. The van der Waals surface area contributed by atoms with Crippen LogP contribution in [0.3, 0.4) is 0 Å². The second-order valence-electron chi connectivity index (χ2n) is 4.99. The van der Waals surface area contributed by atoms with Crippen molar-refractivity contribution < 1.29 is 28.7 Å². The third-order valence-electron chi connectivity index (χ3n) is 3.36. The molecule has 8 nitrogen and oxygen atoms in total. The molecule has 1 aliphatic heterocycles. The van der Waals surface area contributed by atoms with E-state index in [1.54, 1.807) is 29.2 Å². The third-order valence-corrected chi connectivity index (χ3v) is 4.20. The molecule has 0 saturated carbocycles. The van der Waals surface area contributed by atoms with Crippen LogP contribution in [0.2, 0.25) is 0 Å². The molecule has 9 heteroatoms. The summed E-state index contributed by atoms with van der Waals surface area (Å²) < 4.78 is 16.1. The minimum atomic E-state index is -4.37. The lowest BCUT2D eigenvalue weighted by Crippen LogP contribution is -2.41. The Morgan fingerprint density at radius 3 is 2.50 bits per heavy atom. The van der Waals surface area contributed by atoms with E-state index in [1.807, 2.05) is 0 Å². The van der Waals surface area contributed by atoms with E-state index in [-0.39, 0.29) is 12.5 Å². The molecule has 0 bridgehead atoms. The Hall–Kier alpha value is -1.73. The van der Waals surface area contributed by atoms with Gasteiger partial charge in [-0.05, 0) is 17.7 Å². The highest BCUT2D eigenvalue weighted by atomic mass is 31.2. The van der Waals surface area contributed by atoms with Gasteiger partial charge in [-0.3, -0.25) is 14.2 Å². The number of nitrogens with two attached hydrogens (primary N) is 1. The van der Waals surface area contributed by atoms with Crippen molar-refractivity contribution in [3.63, 3.8) is 0 Å². The molecule has 2 rings (SSSR count). The van der Waals surface area contributed by atoms with Crippen molar-refractivity contribution >= 4 is 25.1 Å². The number of ether oxygens (including phenoxy) is 1. The molecule has 1 aromatic rings. The van der Waals surface area contributed by atoms with Gasteiger partial charge in [0.25, 0.3) is 5.91 Å². The van der Waals surface area contributed by atoms with Crippen LogP contribution in [0.4, 0.5) is 5.69 Å². The van der Waals surface area contributed by atoms with Crippen LogP contribution in [-0.4, -0.2) is 47.5 Å². The lowest BCUT2D eigenvalue weighted by molar-refractivity contribution is -0.125. The molecule has 0 spiro atoms. The van der Waals surface area contributed by atoms with Gasteiger partial charge in [-0.2, -0.15) is 0 Å². The highest BCUT2D eigenvalue weighted by molar-refractivity contribution is 7.51. The fourth-order valence-electron chi connectivity index (χ4n) is 2.28. The lowest BCUT2D eigenvalue weighted by Gasteiger charge is -2.27. The van der Waals surface area contributed by atoms with Crippen molar-refractivity contribution in [1.82, 2.24) is 0 Å². The summed E-state index contributed by atoms with van der Waals surface area (Å²) in [5.74, 6) is -2.05. The molecule has 1 saturated heterocycles. The fraction of sp³-hybridized carbons (Fsp3) is 0.385. The van der Waals surface area contributed by atoms with Gasteiger partial charge in [-0.25, -0.2) is 0 Å². The van der Waals surface area contributed by atoms with Crippen molar-refractivity contribution in [3.8, 4) is 0 Å². The summed E-state index contributed by atoms with van der Waals surface area (Å²) in [6.45, 7) is 0.888. The average molecular weight is 328 g/mol. The number of carbonyl (C=O) groups excluding carboxylic acids is 2. The molecule has 0 aromatic heterocycles. The van der Waals surface area contributed by atoms with Gasteiger partial charge in [0, 0.05) is 12.2 Å². The predicted molar refractivity (Wildman–Crippen MR) is 78.5 cm³/mol. The number of primary amides is 1. The summed E-state index contributed by atoms with van der Waals surface area (Å²) in [5, 5.41) is 0. The molecule has 0 radical (unpaired) electrons. The van der Waals surface area contributed by atoms with E-state index < -0.39 is 25.6 Å². The first-order valence-corrected chi connectivity index (χ1v) is 8.39. The Morgan fingerprint density at radius 1 is 1.36 bits per heavy atom. The Balaban J connectivity index is 2.20. The average Bonchev–Trinajstić information content (AvgIpc) is 2.44. The van der Waals surface area contributed by atoms with Crippen LogP contribution in [0.5, 0.6) is 0 Å². The number of amides is 2. The van der Waals surface area contributed by atoms with Crippen molar-refractivity contribution in [2.24, 2.45) is 5.73 Å². The van der Waals surface area contributed by atoms with Gasteiger partial charge in [0.15, 0.2) is 0 Å². The summed E-state index contributed by atoms with van der Waals surface area (Å²) >= 11 is 0. The van der Waals surface area contributed by atoms with Crippen molar-refractivity contribution in [1.29, 1.82) is 0 Å². The number of benzene rings is 1. The van der Waals surface area contributed by atoms with Crippen LogP contribution in [0, 0.1) is 0 Å². The van der Waals surface area contributed by atoms with Gasteiger partial charge in [0.2, 0.25) is 5.91 Å². The topological polar surface area (TPSA) is 130 Å². The third kappa shape index (κ3) is 4.14. The van der Waals surface area contributed by atoms with Gasteiger partial charge < -0.3 is 25.2 Å². The summed E-state index contributed by atoms with van der Waals surface area (Å²) in [4.78, 5) is 42.8. The maximum Gasteiger partial charge on any atom is 0.326 e. The van der Waals surface area contributed by atoms with E-state index in [2.05, 4.69) is 0 Å². The molecule has 1 fully saturated rings. The summed E-state index contributed by atoms with van der Waals surface area (Å²) in [6, 6.07) is 6.33. The quantitative estimate of drug-likeness (QED) is 0.642. The fourth-order valence-corrected chi connectivity index (χ4v) is 3.14. The van der Waals surface area contributed by atoms with E-state index in [9.17, 15) is 14.2 Å². The van der Waals surface area contributed by atoms with Gasteiger partial charge in [-0.1, -0.05) is 12.1 Å².